The molecule has 0 atom stereocenters. The van der Waals surface area contributed by atoms with E-state index in [1.165, 1.54) is 0 Å². The second-order valence-corrected chi connectivity index (χ2v) is 8.54. The Kier molecular flexibility index (Phi) is 8.11. The van der Waals surface area contributed by atoms with Crippen molar-refractivity contribution in [2.75, 3.05) is 0 Å². The normalized spacial score (nSPS) is 11.0. The van der Waals surface area contributed by atoms with E-state index in [0.29, 0.717) is 15.1 Å². The molecule has 3 aromatic carbocycles. The smallest absolute Gasteiger partial charge is 0.222 e. The van der Waals surface area contributed by atoms with Gasteiger partial charge in [-0.2, -0.15) is 0 Å². The predicted octanol–water partition coefficient (Wildman–Crippen LogP) is 3.77. The van der Waals surface area contributed by atoms with Gasteiger partial charge in [0.1, 0.15) is 0 Å². The highest BCUT2D eigenvalue weighted by atomic mass is 35.7. The molecular weight excluding hydrogens is 498 g/mol. The van der Waals surface area contributed by atoms with E-state index in [4.69, 9.17) is 57.9 Å². The van der Waals surface area contributed by atoms with Crippen molar-refractivity contribution in [3.63, 3.8) is 0 Å². The molecule has 32 heavy (non-hydrogen) atoms. The maximum atomic E-state index is 8.49. The number of hydrogen-bond acceptors (Lipinski definition) is 4. The van der Waals surface area contributed by atoms with Crippen molar-refractivity contribution < 1.29 is 33.3 Å². The molecule has 164 valence electrons. The van der Waals surface area contributed by atoms with Crippen LogP contribution in [0.3, 0.4) is 0 Å². The van der Waals surface area contributed by atoms with Gasteiger partial charge in [0.05, 0.1) is 23.3 Å². The van der Waals surface area contributed by atoms with E-state index in [0.717, 1.165) is 33.8 Å². The maximum absolute atomic E-state index is 8.49. The first-order valence-electron chi connectivity index (χ1n) is 8.96. The summed E-state index contributed by atoms with van der Waals surface area (Å²) in [5, 5.41) is 2.08. The minimum absolute atomic E-state index is 0.686. The van der Waals surface area contributed by atoms with E-state index in [1.54, 1.807) is 0 Å². The molecule has 0 fully saturated rings. The molecule has 0 spiro atoms. The van der Waals surface area contributed by atoms with Gasteiger partial charge < -0.3 is 0 Å². The average Bonchev–Trinajstić information content (AvgIpc) is 2.74. The van der Waals surface area contributed by atoms with Crippen LogP contribution in [0.5, 0.6) is 0 Å². The number of halogens is 4. The summed E-state index contributed by atoms with van der Waals surface area (Å²) in [5.41, 5.74) is 3.99. The highest BCUT2D eigenvalue weighted by molar-refractivity contribution is 6.31. The summed E-state index contributed by atoms with van der Waals surface area (Å²) in [6.07, 6.45) is 0. The van der Waals surface area contributed by atoms with Gasteiger partial charge in [-0.05, 0) is 66.2 Å². The molecule has 0 bridgehead atoms. The standard InChI is InChI=1S/C23H14Cl3O.ClHO4/c24-19-7-1-15(2-8-19)18-13-22(16-3-9-20(25)10-4-16)27-23(14-18)17-5-11-21(26)12-6-17;2-1(3,4)5/h1-14H;(H,2,3,4,5)/q+1;/p-1. The number of benzene rings is 3. The molecular formula is C23H14Cl4O5. The first kappa shape index (κ1) is 24.5. The molecule has 0 N–H and O–H groups in total. The minimum atomic E-state index is -4.94. The summed E-state index contributed by atoms with van der Waals surface area (Å²) in [6, 6.07) is 27.0. The topological polar surface area (TPSA) is 104 Å². The molecule has 1 heterocycles. The Balaban J connectivity index is 0.000000523. The molecule has 0 aliphatic heterocycles. The second-order valence-electron chi connectivity index (χ2n) is 6.47. The van der Waals surface area contributed by atoms with Crippen molar-refractivity contribution in [2.24, 2.45) is 0 Å². The van der Waals surface area contributed by atoms with Crippen LogP contribution in [-0.4, -0.2) is 0 Å². The number of hydrogen-bond donors (Lipinski definition) is 0. The van der Waals surface area contributed by atoms with Crippen LogP contribution in [0.2, 0.25) is 15.1 Å². The van der Waals surface area contributed by atoms with Gasteiger partial charge in [0.2, 0.25) is 0 Å². The van der Waals surface area contributed by atoms with Crippen molar-refractivity contribution in [2.45, 2.75) is 0 Å². The summed E-state index contributed by atoms with van der Waals surface area (Å²) in [5.74, 6) is 1.51. The van der Waals surface area contributed by atoms with Crippen molar-refractivity contribution in [3.05, 3.63) is 100.0 Å². The predicted molar refractivity (Wildman–Crippen MR) is 114 cm³/mol. The van der Waals surface area contributed by atoms with Crippen LogP contribution in [0.25, 0.3) is 33.8 Å². The summed E-state index contributed by atoms with van der Waals surface area (Å²) in [4.78, 5) is 0. The van der Waals surface area contributed by atoms with E-state index in [-0.39, 0.29) is 0 Å². The number of rotatable bonds is 3. The maximum Gasteiger partial charge on any atom is 0.361 e. The highest BCUT2D eigenvalue weighted by Crippen LogP contribution is 2.34. The Hall–Kier alpha value is -2.19. The van der Waals surface area contributed by atoms with Crippen LogP contribution in [0.15, 0.2) is 89.3 Å². The van der Waals surface area contributed by atoms with E-state index in [9.17, 15) is 0 Å². The van der Waals surface area contributed by atoms with Crippen LogP contribution in [0.1, 0.15) is 0 Å². The molecule has 0 aliphatic rings. The second kappa shape index (κ2) is 10.6. The molecule has 4 aromatic rings. The molecule has 0 saturated carbocycles. The molecule has 9 heteroatoms. The molecule has 0 saturated heterocycles. The third-order valence-electron chi connectivity index (χ3n) is 4.23. The van der Waals surface area contributed by atoms with Crippen LogP contribution in [0.4, 0.5) is 0 Å². The lowest BCUT2D eigenvalue weighted by molar-refractivity contribution is -2.00. The Labute approximate surface area is 201 Å². The molecule has 5 nitrogen and oxygen atoms in total. The molecule has 0 unspecified atom stereocenters. The zero-order valence-electron chi connectivity index (χ0n) is 16.1. The Morgan fingerprint density at radius 1 is 0.469 bits per heavy atom. The van der Waals surface area contributed by atoms with Gasteiger partial charge in [-0.25, -0.2) is 23.1 Å². The molecule has 4 rings (SSSR count). The molecule has 0 aliphatic carbocycles. The fourth-order valence-electron chi connectivity index (χ4n) is 2.82. The van der Waals surface area contributed by atoms with Gasteiger partial charge in [-0.15, -0.1) is 10.2 Å². The van der Waals surface area contributed by atoms with Crippen LogP contribution < -0.4 is 18.6 Å². The first-order chi connectivity index (χ1) is 15.1. The Bertz CT molecular complexity index is 1010. The Morgan fingerprint density at radius 3 is 1.06 bits per heavy atom. The fraction of sp³-hybridized carbons (Fsp3) is 0. The van der Waals surface area contributed by atoms with E-state index in [1.807, 2.05) is 84.9 Å². The van der Waals surface area contributed by atoms with Crippen molar-refractivity contribution in [1.29, 1.82) is 0 Å². The quantitative estimate of drug-likeness (QED) is 0.389. The molecule has 0 amide bonds. The fourth-order valence-corrected chi connectivity index (χ4v) is 3.20. The third-order valence-corrected chi connectivity index (χ3v) is 4.98. The monoisotopic (exact) mass is 510 g/mol. The van der Waals surface area contributed by atoms with Gasteiger partial charge >= 0.3 is 11.5 Å². The lowest BCUT2D eigenvalue weighted by atomic mass is 10.0. The summed E-state index contributed by atoms with van der Waals surface area (Å²) < 4.78 is 40.2. The van der Waals surface area contributed by atoms with Crippen LogP contribution in [-0.2, 0) is 0 Å². The van der Waals surface area contributed by atoms with Crippen LogP contribution in [0, 0.1) is 10.2 Å². The van der Waals surface area contributed by atoms with Gasteiger partial charge in [0.25, 0.3) is 0 Å². The van der Waals surface area contributed by atoms with Crippen molar-refractivity contribution in [3.8, 4) is 33.8 Å². The SMILES string of the molecule is Clc1ccc(-c2cc(-c3ccc(Cl)cc3)[o+]c(-c3ccc(Cl)cc3)c2)cc1.[O-][Cl+3]([O-])([O-])[O-]. The lowest BCUT2D eigenvalue weighted by Crippen LogP contribution is -2.68. The highest BCUT2D eigenvalue weighted by Gasteiger charge is 2.20. The van der Waals surface area contributed by atoms with E-state index in [2.05, 4.69) is 0 Å². The zero-order valence-corrected chi connectivity index (χ0v) is 19.2. The van der Waals surface area contributed by atoms with Gasteiger partial charge in [0.15, 0.2) is 0 Å². The summed E-state index contributed by atoms with van der Waals surface area (Å²) in [6.45, 7) is 0. The first-order valence-corrected chi connectivity index (χ1v) is 11.3. The van der Waals surface area contributed by atoms with Crippen LogP contribution >= 0.6 is 34.8 Å². The van der Waals surface area contributed by atoms with Crippen molar-refractivity contribution >= 4 is 34.8 Å². The Morgan fingerprint density at radius 2 is 0.750 bits per heavy atom. The summed E-state index contributed by atoms with van der Waals surface area (Å²) >= 11 is 18.1. The third kappa shape index (κ3) is 7.45. The largest absolute Gasteiger partial charge is 0.361 e. The zero-order chi connectivity index (χ0) is 23.3. The average molecular weight is 512 g/mol. The van der Waals surface area contributed by atoms with Gasteiger partial charge in [-0.3, -0.25) is 0 Å². The molecule has 0 radical (unpaired) electrons. The van der Waals surface area contributed by atoms with Gasteiger partial charge in [-0.1, -0.05) is 46.9 Å². The summed E-state index contributed by atoms with van der Waals surface area (Å²) in [7, 11) is -4.94. The van der Waals surface area contributed by atoms with Crippen molar-refractivity contribution in [1.82, 2.24) is 0 Å². The molecule has 1 aromatic heterocycles. The van der Waals surface area contributed by atoms with E-state index < -0.39 is 10.2 Å². The lowest BCUT2D eigenvalue weighted by Gasteiger charge is -2.17. The van der Waals surface area contributed by atoms with E-state index >= 15 is 0 Å². The minimum Gasteiger partial charge on any atom is -0.222 e. The van der Waals surface area contributed by atoms with Gasteiger partial charge in [0, 0.05) is 20.6 Å².